The summed E-state index contributed by atoms with van der Waals surface area (Å²) in [5, 5.41) is 18.1. The summed E-state index contributed by atoms with van der Waals surface area (Å²) in [6.45, 7) is 3.29. The van der Waals surface area contributed by atoms with Crippen LogP contribution in [-0.4, -0.2) is 35.3 Å². The van der Waals surface area contributed by atoms with Gasteiger partial charge in [-0.2, -0.15) is 0 Å². The van der Waals surface area contributed by atoms with E-state index in [9.17, 15) is 5.11 Å². The Bertz CT molecular complexity index is 769. The van der Waals surface area contributed by atoms with Crippen LogP contribution in [-0.2, 0) is 6.42 Å². The van der Waals surface area contributed by atoms with Gasteiger partial charge in [-0.05, 0) is 31.4 Å². The molecular formula is C21H27N3O. The molecule has 1 heterocycles. The van der Waals surface area contributed by atoms with Gasteiger partial charge in [-0.3, -0.25) is 0 Å². The number of hydrogen-bond acceptors (Lipinski definition) is 3. The lowest BCUT2D eigenvalue weighted by molar-refractivity contribution is 0.179. The zero-order valence-corrected chi connectivity index (χ0v) is 14.7. The van der Waals surface area contributed by atoms with E-state index >= 15 is 0 Å². The number of benzene rings is 2. The van der Waals surface area contributed by atoms with E-state index in [1.54, 1.807) is 0 Å². The second-order valence-corrected chi connectivity index (χ2v) is 6.62. The molecule has 25 heavy (non-hydrogen) atoms. The first-order valence-corrected chi connectivity index (χ1v) is 8.98. The number of H-pyrrole nitrogens is 1. The number of aliphatic hydroxyl groups is 1. The van der Waals surface area contributed by atoms with Crippen molar-refractivity contribution in [2.75, 3.05) is 18.4 Å². The molecule has 2 aromatic carbocycles. The number of aliphatic hydroxyl groups excluding tert-OH is 1. The van der Waals surface area contributed by atoms with Gasteiger partial charge in [-0.15, -0.1) is 0 Å². The molecule has 0 saturated carbocycles. The molecule has 2 unspecified atom stereocenters. The predicted octanol–water partition coefficient (Wildman–Crippen LogP) is 3.55. The molecule has 1 aromatic heterocycles. The van der Waals surface area contributed by atoms with Crippen LogP contribution in [0.4, 0.5) is 5.69 Å². The van der Waals surface area contributed by atoms with Gasteiger partial charge in [0.1, 0.15) is 0 Å². The van der Waals surface area contributed by atoms with E-state index < -0.39 is 6.10 Å². The summed E-state index contributed by atoms with van der Waals surface area (Å²) in [5.74, 6) is 0. The standard InChI is InChI=1S/C21H27N3O/c1-16(11-12-17-7-3-2-4-8-17)22-13-18(25)14-23-21-15-24-20-10-6-5-9-19(20)21/h2-10,15-16,18,22-25H,11-14H2,1H3. The third kappa shape index (κ3) is 5.08. The van der Waals surface area contributed by atoms with Gasteiger partial charge in [0.05, 0.1) is 11.8 Å². The van der Waals surface area contributed by atoms with E-state index in [0.29, 0.717) is 19.1 Å². The molecule has 0 spiro atoms. The number of aromatic amines is 1. The van der Waals surface area contributed by atoms with Gasteiger partial charge in [0.15, 0.2) is 0 Å². The largest absolute Gasteiger partial charge is 0.390 e. The van der Waals surface area contributed by atoms with Crippen molar-refractivity contribution in [1.82, 2.24) is 10.3 Å². The monoisotopic (exact) mass is 337 g/mol. The van der Waals surface area contributed by atoms with Crippen molar-refractivity contribution in [3.63, 3.8) is 0 Å². The van der Waals surface area contributed by atoms with Crippen molar-refractivity contribution < 1.29 is 5.11 Å². The van der Waals surface area contributed by atoms with Crippen LogP contribution in [0.3, 0.4) is 0 Å². The molecule has 0 aliphatic carbocycles. The molecule has 0 fully saturated rings. The molecule has 0 bridgehead atoms. The summed E-state index contributed by atoms with van der Waals surface area (Å²) in [4.78, 5) is 3.23. The molecule has 3 rings (SSSR count). The number of anilines is 1. The topological polar surface area (TPSA) is 60.1 Å². The Morgan fingerprint density at radius 3 is 2.60 bits per heavy atom. The van der Waals surface area contributed by atoms with Crippen LogP contribution < -0.4 is 10.6 Å². The highest BCUT2D eigenvalue weighted by molar-refractivity contribution is 5.92. The van der Waals surface area contributed by atoms with Gasteiger partial charge >= 0.3 is 0 Å². The summed E-state index contributed by atoms with van der Waals surface area (Å²) in [6.07, 6.45) is 3.64. The molecule has 2 atom stereocenters. The molecule has 4 N–H and O–H groups in total. The zero-order chi connectivity index (χ0) is 17.5. The fourth-order valence-corrected chi connectivity index (χ4v) is 2.98. The quantitative estimate of drug-likeness (QED) is 0.483. The van der Waals surface area contributed by atoms with Crippen LogP contribution in [0, 0.1) is 0 Å². The predicted molar refractivity (Wildman–Crippen MR) is 105 cm³/mol. The van der Waals surface area contributed by atoms with Crippen LogP contribution in [0.5, 0.6) is 0 Å². The van der Waals surface area contributed by atoms with Crippen molar-refractivity contribution in [3.05, 3.63) is 66.4 Å². The molecular weight excluding hydrogens is 310 g/mol. The maximum atomic E-state index is 10.2. The van der Waals surface area contributed by atoms with Crippen LogP contribution in [0.1, 0.15) is 18.9 Å². The highest BCUT2D eigenvalue weighted by Gasteiger charge is 2.09. The highest BCUT2D eigenvalue weighted by atomic mass is 16.3. The SMILES string of the molecule is CC(CCc1ccccc1)NCC(O)CNc1c[nH]c2ccccc12. The Hall–Kier alpha value is -2.30. The minimum Gasteiger partial charge on any atom is -0.390 e. The van der Waals surface area contributed by atoms with Crippen LogP contribution in [0.25, 0.3) is 10.9 Å². The summed E-state index contributed by atoms with van der Waals surface area (Å²) in [6, 6.07) is 19.1. The van der Waals surface area contributed by atoms with Gasteiger partial charge in [-0.25, -0.2) is 0 Å². The molecule has 0 aliphatic rings. The highest BCUT2D eigenvalue weighted by Crippen LogP contribution is 2.22. The third-order valence-corrected chi connectivity index (χ3v) is 4.53. The van der Waals surface area contributed by atoms with Gasteiger partial charge in [0, 0.05) is 36.2 Å². The van der Waals surface area contributed by atoms with Crippen molar-refractivity contribution in [2.24, 2.45) is 0 Å². The minimum absolute atomic E-state index is 0.378. The Morgan fingerprint density at radius 1 is 1.00 bits per heavy atom. The summed E-state index contributed by atoms with van der Waals surface area (Å²) < 4.78 is 0. The van der Waals surface area contributed by atoms with E-state index in [4.69, 9.17) is 0 Å². The van der Waals surface area contributed by atoms with Crippen LogP contribution >= 0.6 is 0 Å². The summed E-state index contributed by atoms with van der Waals surface area (Å²) >= 11 is 0. The van der Waals surface area contributed by atoms with Crippen molar-refractivity contribution in [1.29, 1.82) is 0 Å². The Kier molecular flexibility index (Phi) is 6.09. The van der Waals surface area contributed by atoms with Gasteiger partial charge in [0.2, 0.25) is 0 Å². The average Bonchev–Trinajstić information content (AvgIpc) is 3.07. The molecule has 0 aliphatic heterocycles. The van der Waals surface area contributed by atoms with E-state index in [1.165, 1.54) is 5.56 Å². The van der Waals surface area contributed by atoms with E-state index in [-0.39, 0.29) is 0 Å². The van der Waals surface area contributed by atoms with E-state index in [1.807, 2.05) is 30.5 Å². The molecule has 0 amide bonds. The zero-order valence-electron chi connectivity index (χ0n) is 14.7. The first-order valence-electron chi connectivity index (χ1n) is 8.98. The first kappa shape index (κ1) is 17.5. The second kappa shape index (κ2) is 8.70. The smallest absolute Gasteiger partial charge is 0.0836 e. The lowest BCUT2D eigenvalue weighted by atomic mass is 10.1. The normalized spacial score (nSPS) is 13.7. The number of aryl methyl sites for hydroxylation is 1. The molecule has 0 saturated heterocycles. The van der Waals surface area contributed by atoms with E-state index in [0.717, 1.165) is 29.4 Å². The maximum Gasteiger partial charge on any atom is 0.0836 e. The van der Waals surface area contributed by atoms with Crippen LogP contribution in [0.2, 0.25) is 0 Å². The molecule has 4 heteroatoms. The van der Waals surface area contributed by atoms with Crippen LogP contribution in [0.15, 0.2) is 60.8 Å². The number of fused-ring (bicyclic) bond motifs is 1. The van der Waals surface area contributed by atoms with Gasteiger partial charge in [0.25, 0.3) is 0 Å². The summed E-state index contributed by atoms with van der Waals surface area (Å²) in [5.41, 5.74) is 3.50. The maximum absolute atomic E-state index is 10.2. The Labute approximate surface area is 149 Å². The van der Waals surface area contributed by atoms with Gasteiger partial charge in [-0.1, -0.05) is 48.5 Å². The lowest BCUT2D eigenvalue weighted by Gasteiger charge is -2.18. The molecule has 132 valence electrons. The number of aromatic nitrogens is 1. The minimum atomic E-state index is -0.423. The fourth-order valence-electron chi connectivity index (χ4n) is 2.98. The van der Waals surface area contributed by atoms with E-state index in [2.05, 4.69) is 52.9 Å². The number of para-hydroxylation sites is 1. The number of nitrogens with one attached hydrogen (secondary N) is 3. The van der Waals surface area contributed by atoms with Crippen molar-refractivity contribution in [2.45, 2.75) is 31.9 Å². The molecule has 0 radical (unpaired) electrons. The first-order chi connectivity index (χ1) is 12.2. The van der Waals surface area contributed by atoms with Crippen molar-refractivity contribution >= 4 is 16.6 Å². The summed E-state index contributed by atoms with van der Waals surface area (Å²) in [7, 11) is 0. The molecule has 3 aromatic rings. The average molecular weight is 337 g/mol. The van der Waals surface area contributed by atoms with Gasteiger partial charge < -0.3 is 20.7 Å². The van der Waals surface area contributed by atoms with Crippen molar-refractivity contribution in [3.8, 4) is 0 Å². The molecule has 4 nitrogen and oxygen atoms in total. The number of rotatable bonds is 9. The number of hydrogen-bond donors (Lipinski definition) is 4. The Morgan fingerprint density at radius 2 is 1.76 bits per heavy atom. The second-order valence-electron chi connectivity index (χ2n) is 6.62. The fraction of sp³-hybridized carbons (Fsp3) is 0.333. The third-order valence-electron chi connectivity index (χ3n) is 4.53. The Balaban J connectivity index is 1.38. The lowest BCUT2D eigenvalue weighted by Crippen LogP contribution is -2.37.